The second kappa shape index (κ2) is 40.5. The van der Waals surface area contributed by atoms with Crippen LogP contribution in [0.1, 0.15) is 200 Å². The topological polar surface area (TPSA) is 27.7 Å². The summed E-state index contributed by atoms with van der Waals surface area (Å²) in [4.78, 5) is 0. The minimum atomic E-state index is 0.146. The molecule has 0 amide bonds. The molecule has 5 nitrogen and oxygen atoms in total. The number of nitrogens with zero attached hydrogens (tertiary/aromatic N) is 2. The number of hydrogen-bond donors (Lipinski definition) is 0. The summed E-state index contributed by atoms with van der Waals surface area (Å²) in [5, 5.41) is 0. The zero-order chi connectivity index (χ0) is 39.7. The summed E-state index contributed by atoms with van der Waals surface area (Å²) in [5.74, 6) is 0. The first-order valence-electron chi connectivity index (χ1n) is 23.9. The third kappa shape index (κ3) is 44.0. The minimum Gasteiger partial charge on any atom is -0.379 e. The van der Waals surface area contributed by atoms with Gasteiger partial charge in [0.25, 0.3) is 0 Å². The van der Waals surface area contributed by atoms with Crippen molar-refractivity contribution in [3.8, 4) is 0 Å². The molecule has 0 bridgehead atoms. The number of allylic oxidation sites excluding steroid dienone is 4. The maximum absolute atomic E-state index is 6.51. The first kappa shape index (κ1) is 53.3. The molecule has 0 spiro atoms. The molecular formula is C49H100N2O3+2. The number of quaternary nitrogens is 2. The van der Waals surface area contributed by atoms with E-state index in [4.69, 9.17) is 14.2 Å². The molecule has 54 heavy (non-hydrogen) atoms. The maximum Gasteiger partial charge on any atom is 0.130 e. The van der Waals surface area contributed by atoms with Crippen LogP contribution in [0.3, 0.4) is 0 Å². The smallest absolute Gasteiger partial charge is 0.130 e. The van der Waals surface area contributed by atoms with Crippen molar-refractivity contribution >= 4 is 0 Å². The van der Waals surface area contributed by atoms with Gasteiger partial charge in [-0.1, -0.05) is 160 Å². The summed E-state index contributed by atoms with van der Waals surface area (Å²) in [6, 6.07) is 0. The average molecular weight is 765 g/mol. The summed E-state index contributed by atoms with van der Waals surface area (Å²) in [5.41, 5.74) is 0. The van der Waals surface area contributed by atoms with Crippen molar-refractivity contribution in [2.45, 2.75) is 206 Å². The number of rotatable bonds is 44. The van der Waals surface area contributed by atoms with Crippen LogP contribution in [0.2, 0.25) is 0 Å². The van der Waals surface area contributed by atoms with E-state index in [1.165, 1.54) is 180 Å². The van der Waals surface area contributed by atoms with E-state index < -0.39 is 0 Å². The van der Waals surface area contributed by atoms with Gasteiger partial charge in [0.15, 0.2) is 0 Å². The Labute approximate surface area is 340 Å². The van der Waals surface area contributed by atoms with Gasteiger partial charge in [-0.2, -0.15) is 0 Å². The fraction of sp³-hybridized carbons (Fsp3) is 0.918. The average Bonchev–Trinajstić information content (AvgIpc) is 3.13. The highest BCUT2D eigenvalue weighted by atomic mass is 16.5. The molecule has 0 saturated carbocycles. The fourth-order valence-corrected chi connectivity index (χ4v) is 6.99. The highest BCUT2D eigenvalue weighted by Gasteiger charge is 2.23. The third-order valence-corrected chi connectivity index (χ3v) is 10.8. The van der Waals surface area contributed by atoms with Gasteiger partial charge in [0.05, 0.1) is 55.1 Å². The molecule has 1 atom stereocenters. The maximum atomic E-state index is 6.51. The predicted octanol–water partition coefficient (Wildman–Crippen LogP) is 13.7. The Morgan fingerprint density at radius 1 is 0.389 bits per heavy atom. The molecule has 0 radical (unpaired) electrons. The van der Waals surface area contributed by atoms with Crippen LogP contribution in [0.15, 0.2) is 24.3 Å². The van der Waals surface area contributed by atoms with E-state index in [9.17, 15) is 0 Å². The molecule has 0 aromatic rings. The van der Waals surface area contributed by atoms with Crippen LogP contribution < -0.4 is 0 Å². The Morgan fingerprint density at radius 3 is 1.19 bits per heavy atom. The predicted molar refractivity (Wildman–Crippen MR) is 240 cm³/mol. The second-order valence-electron chi connectivity index (χ2n) is 18.3. The molecule has 0 aliphatic heterocycles. The van der Waals surface area contributed by atoms with E-state index in [0.717, 1.165) is 61.4 Å². The quantitative estimate of drug-likeness (QED) is 0.0351. The molecule has 5 heteroatoms. The molecule has 0 aliphatic carbocycles. The van der Waals surface area contributed by atoms with Crippen molar-refractivity contribution in [1.82, 2.24) is 0 Å². The zero-order valence-electron chi connectivity index (χ0n) is 38.2. The first-order valence-corrected chi connectivity index (χ1v) is 23.9. The molecule has 0 aromatic heterocycles. The van der Waals surface area contributed by atoms with Crippen molar-refractivity contribution in [3.05, 3.63) is 24.3 Å². The van der Waals surface area contributed by atoms with Crippen molar-refractivity contribution < 1.29 is 23.2 Å². The van der Waals surface area contributed by atoms with Crippen LogP contribution in [-0.2, 0) is 14.2 Å². The highest BCUT2D eigenvalue weighted by molar-refractivity contribution is 4.82. The van der Waals surface area contributed by atoms with Gasteiger partial charge >= 0.3 is 0 Å². The van der Waals surface area contributed by atoms with Crippen LogP contribution >= 0.6 is 0 Å². The van der Waals surface area contributed by atoms with Crippen molar-refractivity contribution in [3.63, 3.8) is 0 Å². The van der Waals surface area contributed by atoms with Crippen molar-refractivity contribution in [2.75, 3.05) is 87.9 Å². The molecule has 0 fully saturated rings. The molecular weight excluding hydrogens is 665 g/mol. The van der Waals surface area contributed by atoms with Crippen LogP contribution in [0.25, 0.3) is 0 Å². The lowest BCUT2D eigenvalue weighted by atomic mass is 10.1. The van der Waals surface area contributed by atoms with Gasteiger partial charge in [-0.25, -0.2) is 0 Å². The molecule has 1 unspecified atom stereocenters. The van der Waals surface area contributed by atoms with Crippen LogP contribution in [0.5, 0.6) is 0 Å². The lowest BCUT2D eigenvalue weighted by Crippen LogP contribution is -2.49. The van der Waals surface area contributed by atoms with Gasteiger partial charge in [-0.3, -0.25) is 0 Å². The van der Waals surface area contributed by atoms with E-state index in [1.54, 1.807) is 0 Å². The molecule has 0 rings (SSSR count). The zero-order valence-corrected chi connectivity index (χ0v) is 38.2. The lowest BCUT2D eigenvalue weighted by molar-refractivity contribution is -0.894. The van der Waals surface area contributed by atoms with E-state index in [2.05, 4.69) is 73.4 Å². The van der Waals surface area contributed by atoms with Gasteiger partial charge in [-0.15, -0.1) is 0 Å². The molecule has 0 heterocycles. The van der Waals surface area contributed by atoms with E-state index >= 15 is 0 Å². The van der Waals surface area contributed by atoms with E-state index in [1.807, 2.05) is 0 Å². The number of ether oxygens (including phenoxy) is 3. The monoisotopic (exact) mass is 765 g/mol. The van der Waals surface area contributed by atoms with Crippen LogP contribution in [-0.4, -0.2) is 103 Å². The number of likely N-dealkylation sites (N-methyl/N-ethyl adjacent to an activating group) is 2. The Bertz CT molecular complexity index is 790. The molecule has 0 N–H and O–H groups in total. The lowest BCUT2D eigenvalue weighted by Gasteiger charge is -2.33. The van der Waals surface area contributed by atoms with Gasteiger partial charge in [-0.05, 0) is 64.2 Å². The largest absolute Gasteiger partial charge is 0.379 e. The van der Waals surface area contributed by atoms with Gasteiger partial charge < -0.3 is 23.2 Å². The third-order valence-electron chi connectivity index (χ3n) is 10.8. The Morgan fingerprint density at radius 2 is 0.759 bits per heavy atom. The standard InChI is InChI=1S/C49H100N2O3/c1-8-10-12-14-16-18-20-22-24-26-27-29-31-33-35-37-39-43-53-48-49(47-51(6,7)42-46-52-45-41-50(3,4)5)54-44-40-38-36-34-32-30-28-25-23-21-19-17-15-13-11-9-2/h23-26,49H,8-22,27-48H2,1-7H3/q+2/b25-23+,26-24+. The summed E-state index contributed by atoms with van der Waals surface area (Å²) in [6.07, 6.45) is 48.8. The SMILES string of the molecule is CCCCCCCC/C=C/CCCCCCCCOC(COCCCCCCCC/C=C/CCCCCCCCC)C[N+](C)(C)CCOCC[N+](C)(C)C. The van der Waals surface area contributed by atoms with Gasteiger partial charge in [0.2, 0.25) is 0 Å². The van der Waals surface area contributed by atoms with E-state index in [-0.39, 0.29) is 6.10 Å². The normalized spacial score (nSPS) is 13.2. The van der Waals surface area contributed by atoms with Gasteiger partial charge in [0.1, 0.15) is 25.7 Å². The van der Waals surface area contributed by atoms with Gasteiger partial charge in [0, 0.05) is 13.2 Å². The Hall–Kier alpha value is -0.720. The number of hydrogen-bond acceptors (Lipinski definition) is 3. The number of unbranched alkanes of at least 4 members (excludes halogenated alkanes) is 25. The minimum absolute atomic E-state index is 0.146. The summed E-state index contributed by atoms with van der Waals surface area (Å²) in [7, 11) is 11.3. The summed E-state index contributed by atoms with van der Waals surface area (Å²) < 4.78 is 20.6. The first-order chi connectivity index (χ1) is 26.2. The Balaban J connectivity index is 4.15. The van der Waals surface area contributed by atoms with Crippen LogP contribution in [0, 0.1) is 0 Å². The summed E-state index contributed by atoms with van der Waals surface area (Å²) in [6.45, 7) is 11.6. The summed E-state index contributed by atoms with van der Waals surface area (Å²) >= 11 is 0. The van der Waals surface area contributed by atoms with Crippen molar-refractivity contribution in [2.24, 2.45) is 0 Å². The fourth-order valence-electron chi connectivity index (χ4n) is 6.99. The van der Waals surface area contributed by atoms with Crippen LogP contribution in [0.4, 0.5) is 0 Å². The molecule has 0 aromatic carbocycles. The molecule has 0 aliphatic rings. The molecule has 322 valence electrons. The molecule has 0 saturated heterocycles. The second-order valence-corrected chi connectivity index (χ2v) is 18.3. The highest BCUT2D eigenvalue weighted by Crippen LogP contribution is 2.13. The van der Waals surface area contributed by atoms with E-state index in [0.29, 0.717) is 6.61 Å². The van der Waals surface area contributed by atoms with Crippen molar-refractivity contribution in [1.29, 1.82) is 0 Å². The Kier molecular flexibility index (Phi) is 39.9.